The summed E-state index contributed by atoms with van der Waals surface area (Å²) in [6.07, 6.45) is 1.22. The fraction of sp³-hybridized carbons (Fsp3) is 0.235. The molecular formula is C17H15BrN4O2S. The Labute approximate surface area is 156 Å². The maximum Gasteiger partial charge on any atom is 0.240 e. The minimum absolute atomic E-state index is 0.325. The van der Waals surface area contributed by atoms with Crippen LogP contribution in [0.1, 0.15) is 6.42 Å². The van der Waals surface area contributed by atoms with Crippen LogP contribution in [0.3, 0.4) is 0 Å². The third kappa shape index (κ3) is 3.01. The first-order valence-electron chi connectivity index (χ1n) is 7.77. The van der Waals surface area contributed by atoms with E-state index in [1.54, 1.807) is 16.2 Å². The molecule has 3 heterocycles. The summed E-state index contributed by atoms with van der Waals surface area (Å²) in [5, 5.41) is 9.97. The molecule has 4 rings (SSSR count). The smallest absolute Gasteiger partial charge is 0.240 e. The normalized spacial score (nSPS) is 20.3. The van der Waals surface area contributed by atoms with Gasteiger partial charge >= 0.3 is 0 Å². The summed E-state index contributed by atoms with van der Waals surface area (Å²) < 4.78 is 1.91. The van der Waals surface area contributed by atoms with Crippen LogP contribution < -0.4 is 10.6 Å². The summed E-state index contributed by atoms with van der Waals surface area (Å²) >= 11 is 5.01. The lowest BCUT2D eigenvalue weighted by molar-refractivity contribution is -0.119. The first-order chi connectivity index (χ1) is 12.0. The second-order valence-corrected chi connectivity index (χ2v) is 7.96. The molecule has 1 aliphatic rings. The van der Waals surface area contributed by atoms with Crippen LogP contribution in [-0.4, -0.2) is 39.7 Å². The molecule has 1 aromatic carbocycles. The van der Waals surface area contributed by atoms with Crippen molar-refractivity contribution in [3.05, 3.63) is 41.1 Å². The van der Waals surface area contributed by atoms with Gasteiger partial charge in [-0.2, -0.15) is 0 Å². The molecule has 3 N–H and O–H groups in total. The van der Waals surface area contributed by atoms with E-state index >= 15 is 0 Å². The van der Waals surface area contributed by atoms with Crippen molar-refractivity contribution in [1.82, 2.24) is 9.97 Å². The summed E-state index contributed by atoms with van der Waals surface area (Å²) in [5.74, 6) is 0.201. The number of aliphatic hydroxyl groups excluding tert-OH is 1. The monoisotopic (exact) mass is 418 g/mol. The zero-order valence-corrected chi connectivity index (χ0v) is 15.5. The van der Waals surface area contributed by atoms with Gasteiger partial charge in [-0.25, -0.2) is 9.97 Å². The molecule has 0 bridgehead atoms. The van der Waals surface area contributed by atoms with Crippen molar-refractivity contribution in [1.29, 1.82) is 0 Å². The van der Waals surface area contributed by atoms with Crippen LogP contribution in [0.2, 0.25) is 0 Å². The van der Waals surface area contributed by atoms with Crippen LogP contribution in [-0.2, 0) is 4.79 Å². The van der Waals surface area contributed by atoms with Gasteiger partial charge in [-0.3, -0.25) is 4.79 Å². The highest BCUT2D eigenvalue weighted by Gasteiger charge is 2.36. The Hall–Kier alpha value is -2.03. The highest BCUT2D eigenvalue weighted by molar-refractivity contribution is 9.10. The Bertz CT molecular complexity index is 943. The van der Waals surface area contributed by atoms with Crippen molar-refractivity contribution in [3.8, 4) is 10.4 Å². The van der Waals surface area contributed by atoms with Gasteiger partial charge in [0.05, 0.1) is 16.3 Å². The van der Waals surface area contributed by atoms with Gasteiger partial charge in [0.25, 0.3) is 0 Å². The number of primary amides is 1. The topological polar surface area (TPSA) is 92.3 Å². The van der Waals surface area contributed by atoms with Crippen LogP contribution in [0.25, 0.3) is 20.7 Å². The Morgan fingerprint density at radius 2 is 2.08 bits per heavy atom. The van der Waals surface area contributed by atoms with E-state index in [1.165, 1.54) is 6.33 Å². The van der Waals surface area contributed by atoms with Gasteiger partial charge in [0.15, 0.2) is 5.82 Å². The predicted molar refractivity (Wildman–Crippen MR) is 102 cm³/mol. The van der Waals surface area contributed by atoms with Gasteiger partial charge in [0, 0.05) is 22.3 Å². The second-order valence-electron chi connectivity index (χ2n) is 5.99. The molecule has 6 nitrogen and oxygen atoms in total. The molecule has 25 heavy (non-hydrogen) atoms. The number of carbonyl (C=O) groups excluding carboxylic acids is 1. The van der Waals surface area contributed by atoms with E-state index in [0.717, 1.165) is 25.1 Å². The zero-order chi connectivity index (χ0) is 17.6. The number of fused-ring (bicyclic) bond motifs is 1. The average molecular weight is 419 g/mol. The van der Waals surface area contributed by atoms with E-state index in [2.05, 4.69) is 25.9 Å². The molecule has 2 atom stereocenters. The van der Waals surface area contributed by atoms with E-state index < -0.39 is 18.1 Å². The number of halogens is 1. The molecule has 0 radical (unpaired) electrons. The molecule has 1 fully saturated rings. The summed E-state index contributed by atoms with van der Waals surface area (Å²) in [5.41, 5.74) is 7.41. The molecule has 0 spiro atoms. The van der Waals surface area contributed by atoms with Gasteiger partial charge in [0.2, 0.25) is 5.91 Å². The van der Waals surface area contributed by atoms with Crippen molar-refractivity contribution in [2.75, 3.05) is 11.4 Å². The fourth-order valence-electron chi connectivity index (χ4n) is 3.12. The summed E-state index contributed by atoms with van der Waals surface area (Å²) in [7, 11) is 0. The van der Waals surface area contributed by atoms with Crippen LogP contribution in [0.5, 0.6) is 0 Å². The van der Waals surface area contributed by atoms with Gasteiger partial charge in [0.1, 0.15) is 12.4 Å². The molecular weight excluding hydrogens is 404 g/mol. The lowest BCUT2D eigenvalue weighted by Gasteiger charge is -2.23. The Balaban J connectivity index is 1.80. The number of anilines is 1. The number of nitrogens with two attached hydrogens (primary N) is 1. The standard InChI is InChI=1S/C17H15BrN4O2S/c18-10-3-1-9(2-4-10)14-6-12-15(25-14)17(21-8-20-12)22-7-11(23)5-13(22)16(19)24/h1-4,6,8,11,13,23H,5,7H2,(H2,19,24)/t11-,13+/m1/s1. The number of β-amino-alcohol motifs (C(OH)–C–C–N with tert-alkyl or cyclic N) is 1. The van der Waals surface area contributed by atoms with E-state index in [9.17, 15) is 9.90 Å². The van der Waals surface area contributed by atoms with Gasteiger partial charge < -0.3 is 15.7 Å². The summed E-state index contributed by atoms with van der Waals surface area (Å²) in [4.78, 5) is 23.3. The van der Waals surface area contributed by atoms with Crippen LogP contribution >= 0.6 is 27.3 Å². The van der Waals surface area contributed by atoms with Crippen LogP contribution in [0, 0.1) is 0 Å². The van der Waals surface area contributed by atoms with E-state index in [4.69, 9.17) is 5.73 Å². The molecule has 2 aromatic heterocycles. The molecule has 1 aliphatic heterocycles. The van der Waals surface area contributed by atoms with Crippen LogP contribution in [0.15, 0.2) is 41.1 Å². The summed E-state index contributed by atoms with van der Waals surface area (Å²) in [6.45, 7) is 0.339. The fourth-order valence-corrected chi connectivity index (χ4v) is 4.51. The maximum atomic E-state index is 11.8. The SMILES string of the molecule is NC(=O)[C@@H]1C[C@@H](O)CN1c1ncnc2cc(-c3ccc(Br)cc3)sc12. The third-order valence-electron chi connectivity index (χ3n) is 4.30. The van der Waals surface area contributed by atoms with Crippen molar-refractivity contribution < 1.29 is 9.90 Å². The Kier molecular flexibility index (Phi) is 4.18. The predicted octanol–water partition coefficient (Wildman–Crippen LogP) is 2.55. The molecule has 0 saturated carbocycles. The number of carbonyl (C=O) groups is 1. The number of amides is 1. The van der Waals surface area contributed by atoms with Crippen molar-refractivity contribution in [3.63, 3.8) is 0 Å². The highest BCUT2D eigenvalue weighted by atomic mass is 79.9. The molecule has 1 amide bonds. The lowest BCUT2D eigenvalue weighted by atomic mass is 10.2. The molecule has 3 aromatic rings. The highest BCUT2D eigenvalue weighted by Crippen LogP contribution is 2.39. The quantitative estimate of drug-likeness (QED) is 0.681. The number of aliphatic hydroxyl groups is 1. The van der Waals surface area contributed by atoms with Gasteiger partial charge in [-0.05, 0) is 23.8 Å². The number of aromatic nitrogens is 2. The second kappa shape index (κ2) is 6.36. The molecule has 0 aliphatic carbocycles. The molecule has 8 heteroatoms. The first-order valence-corrected chi connectivity index (χ1v) is 9.38. The number of hydrogen-bond acceptors (Lipinski definition) is 6. The van der Waals surface area contributed by atoms with Crippen molar-refractivity contribution in [2.24, 2.45) is 5.73 Å². The number of benzene rings is 1. The zero-order valence-electron chi connectivity index (χ0n) is 13.1. The lowest BCUT2D eigenvalue weighted by Crippen LogP contribution is -2.40. The summed E-state index contributed by atoms with van der Waals surface area (Å²) in [6, 6.07) is 9.52. The maximum absolute atomic E-state index is 11.8. The Morgan fingerprint density at radius 3 is 2.80 bits per heavy atom. The van der Waals surface area contributed by atoms with Gasteiger partial charge in [-0.15, -0.1) is 11.3 Å². The number of nitrogens with zero attached hydrogens (tertiary/aromatic N) is 3. The number of hydrogen-bond donors (Lipinski definition) is 2. The van der Waals surface area contributed by atoms with E-state index in [-0.39, 0.29) is 0 Å². The molecule has 1 saturated heterocycles. The van der Waals surface area contributed by atoms with Gasteiger partial charge in [-0.1, -0.05) is 28.1 Å². The average Bonchev–Trinajstić information content (AvgIpc) is 3.18. The Morgan fingerprint density at radius 1 is 1.32 bits per heavy atom. The molecule has 128 valence electrons. The number of thiophene rings is 1. The van der Waals surface area contributed by atoms with Crippen molar-refractivity contribution in [2.45, 2.75) is 18.6 Å². The van der Waals surface area contributed by atoms with E-state index in [0.29, 0.717) is 18.8 Å². The van der Waals surface area contributed by atoms with Crippen molar-refractivity contribution >= 4 is 49.2 Å². The minimum Gasteiger partial charge on any atom is -0.391 e. The minimum atomic E-state index is -0.589. The first kappa shape index (κ1) is 16.4. The molecule has 0 unspecified atom stereocenters. The van der Waals surface area contributed by atoms with E-state index in [1.807, 2.05) is 30.3 Å². The largest absolute Gasteiger partial charge is 0.391 e. The third-order valence-corrected chi connectivity index (χ3v) is 6.00. The van der Waals surface area contributed by atoms with Crippen LogP contribution in [0.4, 0.5) is 5.82 Å². The number of rotatable bonds is 3.